The van der Waals surface area contributed by atoms with Gasteiger partial charge in [0, 0.05) is 30.7 Å². The van der Waals surface area contributed by atoms with Crippen molar-refractivity contribution in [3.05, 3.63) is 113 Å². The molecule has 0 aliphatic rings. The summed E-state index contributed by atoms with van der Waals surface area (Å²) in [6.07, 6.45) is -1.66. The van der Waals surface area contributed by atoms with Gasteiger partial charge in [0.2, 0.25) is 5.88 Å². The van der Waals surface area contributed by atoms with Crippen LogP contribution >= 0.6 is 0 Å². The zero-order valence-corrected chi connectivity index (χ0v) is 24.4. The summed E-state index contributed by atoms with van der Waals surface area (Å²) in [5, 5.41) is 31.6. The normalized spacial score (nSPS) is 12.5. The number of aromatic nitrogens is 3. The van der Waals surface area contributed by atoms with E-state index in [4.69, 9.17) is 14.7 Å². The van der Waals surface area contributed by atoms with Gasteiger partial charge in [-0.1, -0.05) is 24.3 Å². The average Bonchev–Trinajstić information content (AvgIpc) is 3.39. The van der Waals surface area contributed by atoms with Gasteiger partial charge in [-0.15, -0.1) is 0 Å². The van der Waals surface area contributed by atoms with Gasteiger partial charge in [0.25, 0.3) is 0 Å². The van der Waals surface area contributed by atoms with E-state index in [0.29, 0.717) is 33.7 Å². The molecule has 0 bridgehead atoms. The molecule has 5 rings (SSSR count). The summed E-state index contributed by atoms with van der Waals surface area (Å²) in [5.74, 6) is -1.51. The van der Waals surface area contributed by atoms with Gasteiger partial charge in [-0.3, -0.25) is 5.32 Å². The number of aromatic carboxylic acids is 1. The fourth-order valence-corrected chi connectivity index (χ4v) is 4.88. The maximum absolute atomic E-state index is 15.6. The highest BCUT2D eigenvalue weighted by Crippen LogP contribution is 2.26. The number of methoxy groups -OCH3 is 1. The van der Waals surface area contributed by atoms with Crippen LogP contribution in [0.3, 0.4) is 0 Å². The number of nitrogens with zero attached hydrogens (tertiary/aromatic N) is 4. The van der Waals surface area contributed by atoms with Crippen molar-refractivity contribution in [1.29, 1.82) is 5.26 Å². The number of rotatable bonds is 12. The number of carbonyl (C=O) groups is 1. The second kappa shape index (κ2) is 13.6. The third-order valence-electron chi connectivity index (χ3n) is 7.37. The van der Waals surface area contributed by atoms with Gasteiger partial charge in [-0.2, -0.15) is 5.26 Å². The van der Waals surface area contributed by atoms with Crippen molar-refractivity contribution in [1.82, 2.24) is 19.9 Å². The van der Waals surface area contributed by atoms with Crippen molar-refractivity contribution in [3.63, 3.8) is 0 Å². The summed E-state index contributed by atoms with van der Waals surface area (Å²) < 4.78 is 42.7. The predicted molar refractivity (Wildman–Crippen MR) is 160 cm³/mol. The maximum atomic E-state index is 15.6. The highest BCUT2D eigenvalue weighted by Gasteiger charge is 2.23. The van der Waals surface area contributed by atoms with E-state index in [1.54, 1.807) is 48.0 Å². The van der Waals surface area contributed by atoms with Gasteiger partial charge in [-0.25, -0.2) is 23.5 Å². The lowest BCUT2D eigenvalue weighted by atomic mass is 10.1. The smallest absolute Gasteiger partial charge is 0.335 e. The number of nitriles is 1. The molecule has 2 unspecified atom stereocenters. The number of likely N-dealkylation sites (N-methyl/N-ethyl adjacent to an activating group) is 1. The van der Waals surface area contributed by atoms with Crippen LogP contribution in [0.2, 0.25) is 0 Å². The van der Waals surface area contributed by atoms with E-state index >= 15 is 4.39 Å². The molecule has 0 saturated carbocycles. The summed E-state index contributed by atoms with van der Waals surface area (Å²) in [6, 6.07) is 20.2. The number of imidazole rings is 1. The Morgan fingerprint density at radius 2 is 1.82 bits per heavy atom. The monoisotopic (exact) mass is 613 g/mol. The van der Waals surface area contributed by atoms with Crippen LogP contribution in [0.15, 0.2) is 72.8 Å². The Labute approximate surface area is 257 Å². The Kier molecular flexibility index (Phi) is 9.44. The molecule has 0 aliphatic heterocycles. The molecule has 0 aliphatic carbocycles. The fraction of sp³-hybridized carbons (Fsp3) is 0.212. The summed E-state index contributed by atoms with van der Waals surface area (Å²) in [5.41, 5.74) is 2.82. The number of aliphatic hydroxyl groups is 1. The number of pyridine rings is 1. The number of aliphatic hydroxyl groups excluding tert-OH is 1. The number of halogens is 2. The number of carboxylic acids is 1. The van der Waals surface area contributed by atoms with E-state index in [2.05, 4.69) is 15.3 Å². The van der Waals surface area contributed by atoms with E-state index in [9.17, 15) is 19.4 Å². The molecule has 0 amide bonds. The zero-order valence-electron chi connectivity index (χ0n) is 24.4. The Morgan fingerprint density at radius 1 is 1.04 bits per heavy atom. The average molecular weight is 614 g/mol. The van der Waals surface area contributed by atoms with Crippen LogP contribution in [-0.2, 0) is 24.3 Å². The van der Waals surface area contributed by atoms with Crippen molar-refractivity contribution in [2.24, 2.45) is 0 Å². The minimum absolute atomic E-state index is 0.0645. The van der Waals surface area contributed by atoms with E-state index < -0.39 is 29.9 Å². The van der Waals surface area contributed by atoms with Crippen LogP contribution in [0.25, 0.3) is 22.3 Å². The standard InChI is InChI=1S/C33H29F2N5O5/c1-37-32(41)29(44-2)17-40-28-14-22(33(42)43)10-11-27(28)38-30(40)15-20-8-9-21(13-25(20)35)26-4-3-5-31(39-26)45-18-23-7-6-19(16-36)12-24(23)34/h3-14,29,32,37,41H,15,17-18H2,1-2H3,(H,42,43). The summed E-state index contributed by atoms with van der Waals surface area (Å²) in [7, 11) is 3.03. The first-order valence-electron chi connectivity index (χ1n) is 13.9. The molecule has 5 aromatic rings. The summed E-state index contributed by atoms with van der Waals surface area (Å²) in [4.78, 5) is 20.7. The van der Waals surface area contributed by atoms with Crippen LogP contribution in [0.1, 0.15) is 32.9 Å². The van der Waals surface area contributed by atoms with E-state index in [1.807, 2.05) is 6.07 Å². The lowest BCUT2D eigenvalue weighted by Gasteiger charge is -2.23. The van der Waals surface area contributed by atoms with Crippen LogP contribution < -0.4 is 10.1 Å². The number of benzene rings is 3. The molecule has 0 spiro atoms. The Hall–Kier alpha value is -5.22. The first kappa shape index (κ1) is 31.2. The third-order valence-corrected chi connectivity index (χ3v) is 7.37. The number of fused-ring (bicyclic) bond motifs is 1. The molecule has 230 valence electrons. The minimum Gasteiger partial charge on any atom is -0.478 e. The number of hydrogen-bond donors (Lipinski definition) is 3. The van der Waals surface area contributed by atoms with Crippen LogP contribution in [0, 0.1) is 23.0 Å². The van der Waals surface area contributed by atoms with Crippen molar-refractivity contribution >= 4 is 17.0 Å². The first-order valence-corrected chi connectivity index (χ1v) is 13.9. The molecule has 2 aromatic heterocycles. The molecule has 3 N–H and O–H groups in total. The largest absolute Gasteiger partial charge is 0.478 e. The second-order valence-electron chi connectivity index (χ2n) is 10.2. The van der Waals surface area contributed by atoms with Crippen molar-refractivity contribution in [2.45, 2.75) is 31.9 Å². The fourth-order valence-electron chi connectivity index (χ4n) is 4.88. The molecule has 10 nitrogen and oxygen atoms in total. The lowest BCUT2D eigenvalue weighted by Crippen LogP contribution is -2.41. The Morgan fingerprint density at radius 3 is 2.51 bits per heavy atom. The van der Waals surface area contributed by atoms with Crippen LogP contribution in [0.4, 0.5) is 8.78 Å². The molecule has 45 heavy (non-hydrogen) atoms. The van der Waals surface area contributed by atoms with Gasteiger partial charge in [0.15, 0.2) is 0 Å². The highest BCUT2D eigenvalue weighted by atomic mass is 19.1. The number of hydrogen-bond acceptors (Lipinski definition) is 8. The number of nitrogens with one attached hydrogen (secondary N) is 1. The lowest BCUT2D eigenvalue weighted by molar-refractivity contribution is -0.0334. The van der Waals surface area contributed by atoms with Gasteiger partial charge in [0.1, 0.15) is 36.4 Å². The van der Waals surface area contributed by atoms with Gasteiger partial charge < -0.3 is 24.3 Å². The molecular weight excluding hydrogens is 584 g/mol. The highest BCUT2D eigenvalue weighted by molar-refractivity contribution is 5.92. The minimum atomic E-state index is -1.10. The molecule has 3 aromatic carbocycles. The molecule has 12 heteroatoms. The van der Waals surface area contributed by atoms with E-state index in [-0.39, 0.29) is 42.1 Å². The number of carboxylic acid groups (broad SMARTS) is 1. The van der Waals surface area contributed by atoms with Gasteiger partial charge in [-0.05, 0) is 55.1 Å². The molecule has 2 heterocycles. The molecular formula is C33H29F2N5O5. The zero-order chi connectivity index (χ0) is 32.1. The SMILES string of the molecule is CNC(O)C(Cn1c(Cc2ccc(-c3cccc(OCc4ccc(C#N)cc4F)n3)cc2F)nc2ccc(C(=O)O)cc21)OC. The van der Waals surface area contributed by atoms with E-state index in [1.165, 1.54) is 37.4 Å². The topological polar surface area (TPSA) is 143 Å². The third kappa shape index (κ3) is 6.97. The predicted octanol–water partition coefficient (Wildman–Crippen LogP) is 4.67. The van der Waals surface area contributed by atoms with Crippen molar-refractivity contribution in [3.8, 4) is 23.2 Å². The van der Waals surface area contributed by atoms with Crippen LogP contribution in [-0.4, -0.2) is 57.2 Å². The maximum Gasteiger partial charge on any atom is 0.335 e. The van der Waals surface area contributed by atoms with Crippen molar-refractivity contribution in [2.75, 3.05) is 14.2 Å². The first-order chi connectivity index (χ1) is 21.7. The second-order valence-corrected chi connectivity index (χ2v) is 10.2. The molecule has 0 radical (unpaired) electrons. The quantitative estimate of drug-likeness (QED) is 0.171. The molecule has 2 atom stereocenters. The molecule has 0 saturated heterocycles. The van der Waals surface area contributed by atoms with E-state index in [0.717, 1.165) is 6.07 Å². The Bertz CT molecular complexity index is 1910. The molecule has 0 fully saturated rings. The summed E-state index contributed by atoms with van der Waals surface area (Å²) >= 11 is 0. The summed E-state index contributed by atoms with van der Waals surface area (Å²) in [6.45, 7) is 0.0156. The van der Waals surface area contributed by atoms with Crippen LogP contribution in [0.5, 0.6) is 5.88 Å². The van der Waals surface area contributed by atoms with Crippen molar-refractivity contribution < 1.29 is 33.3 Å². The van der Waals surface area contributed by atoms with Gasteiger partial charge in [0.05, 0.1) is 40.5 Å². The number of ether oxygens (including phenoxy) is 2. The Balaban J connectivity index is 1.40. The van der Waals surface area contributed by atoms with Gasteiger partial charge >= 0.3 is 5.97 Å².